The van der Waals surface area contributed by atoms with E-state index in [1.807, 2.05) is 20.8 Å². The zero-order valence-corrected chi connectivity index (χ0v) is 10.7. The molecule has 0 aliphatic heterocycles. The molecule has 0 unspecified atom stereocenters. The van der Waals surface area contributed by atoms with Crippen molar-refractivity contribution in [1.29, 1.82) is 0 Å². The number of carbonyl (C=O) groups is 1. The van der Waals surface area contributed by atoms with Crippen molar-refractivity contribution in [2.75, 3.05) is 13.1 Å². The normalized spacial score (nSPS) is 12.6. The second-order valence-electron chi connectivity index (χ2n) is 5.09. The lowest BCUT2D eigenvalue weighted by molar-refractivity contribution is 0.0118. The predicted molar refractivity (Wildman–Crippen MR) is 63.6 cm³/mol. The van der Waals surface area contributed by atoms with Crippen LogP contribution in [0.25, 0.3) is 0 Å². The van der Waals surface area contributed by atoms with Gasteiger partial charge in [0.1, 0.15) is 0 Å². The first-order valence-corrected chi connectivity index (χ1v) is 5.57. The first kappa shape index (κ1) is 14.6. The van der Waals surface area contributed by atoms with Gasteiger partial charge >= 0.3 is 0 Å². The third-order valence-corrected chi connectivity index (χ3v) is 2.34. The number of nitrogens with zero attached hydrogens (tertiary/aromatic N) is 2. The van der Waals surface area contributed by atoms with Gasteiger partial charge in [0.25, 0.3) is 11.8 Å². The Kier molecular flexibility index (Phi) is 4.05. The summed E-state index contributed by atoms with van der Waals surface area (Å²) in [7, 11) is 0. The molecule has 0 bridgehead atoms. The van der Waals surface area contributed by atoms with Crippen LogP contribution in [0, 0.1) is 0 Å². The molecule has 0 aliphatic carbocycles. The Balaban J connectivity index is 2.66. The molecule has 0 aliphatic rings. The predicted octanol–water partition coefficient (Wildman–Crippen LogP) is 0.962. The average molecular weight is 260 g/mol. The summed E-state index contributed by atoms with van der Waals surface area (Å²) in [6.45, 7) is 4.19. The third-order valence-electron chi connectivity index (χ3n) is 2.34. The minimum Gasteiger partial charge on any atom is -0.346 e. The Labute approximate surface area is 104 Å². The summed E-state index contributed by atoms with van der Waals surface area (Å²) >= 11 is 0. The second kappa shape index (κ2) is 5.01. The third kappa shape index (κ3) is 3.76. The van der Waals surface area contributed by atoms with Crippen molar-refractivity contribution >= 4 is 5.91 Å². The van der Waals surface area contributed by atoms with Crippen LogP contribution in [-0.4, -0.2) is 34.7 Å². The van der Waals surface area contributed by atoms with E-state index in [2.05, 4.69) is 10.4 Å². The molecule has 102 valence electrons. The van der Waals surface area contributed by atoms with Gasteiger partial charge in [-0.1, -0.05) is 0 Å². The van der Waals surface area contributed by atoms with Crippen LogP contribution < -0.4 is 11.1 Å². The van der Waals surface area contributed by atoms with Crippen LogP contribution in [0.1, 0.15) is 31.1 Å². The van der Waals surface area contributed by atoms with Crippen LogP contribution >= 0.6 is 0 Å². The highest BCUT2D eigenvalue weighted by molar-refractivity contribution is 5.93. The minimum absolute atomic E-state index is 0.248. The largest absolute Gasteiger partial charge is 0.346 e. The molecular weight excluding hydrogens is 242 g/mol. The molecule has 0 spiro atoms. The lowest BCUT2D eigenvalue weighted by Gasteiger charge is -2.18. The summed E-state index contributed by atoms with van der Waals surface area (Å²) < 4.78 is 27.3. The van der Waals surface area contributed by atoms with E-state index in [9.17, 15) is 13.6 Å². The van der Waals surface area contributed by atoms with Crippen molar-refractivity contribution in [3.05, 3.63) is 18.0 Å². The number of aromatic nitrogens is 2. The fraction of sp³-hybridized carbons (Fsp3) is 0.636. The molecule has 1 rings (SSSR count). The topological polar surface area (TPSA) is 72.9 Å². The van der Waals surface area contributed by atoms with Gasteiger partial charge in [-0.05, 0) is 20.8 Å². The highest BCUT2D eigenvalue weighted by Crippen LogP contribution is 2.13. The molecule has 0 saturated carbocycles. The zero-order valence-electron chi connectivity index (χ0n) is 10.7. The van der Waals surface area contributed by atoms with E-state index in [1.54, 1.807) is 4.68 Å². The number of alkyl halides is 2. The van der Waals surface area contributed by atoms with Crippen molar-refractivity contribution in [1.82, 2.24) is 15.1 Å². The second-order valence-corrected chi connectivity index (χ2v) is 5.09. The van der Waals surface area contributed by atoms with Crippen molar-refractivity contribution in [3.8, 4) is 0 Å². The summed E-state index contributed by atoms with van der Waals surface area (Å²) in [5.74, 6) is -3.67. The van der Waals surface area contributed by atoms with Crippen molar-refractivity contribution in [3.63, 3.8) is 0 Å². The number of carbonyl (C=O) groups excluding carboxylic acids is 1. The monoisotopic (exact) mass is 260 g/mol. The van der Waals surface area contributed by atoms with E-state index < -0.39 is 24.9 Å². The quantitative estimate of drug-likeness (QED) is 0.847. The first-order chi connectivity index (χ1) is 8.15. The van der Waals surface area contributed by atoms with Crippen LogP contribution in [0.3, 0.4) is 0 Å². The molecule has 0 radical (unpaired) electrons. The summed E-state index contributed by atoms with van der Waals surface area (Å²) in [5.41, 5.74) is 4.86. The van der Waals surface area contributed by atoms with Gasteiger partial charge in [0.05, 0.1) is 30.4 Å². The summed E-state index contributed by atoms with van der Waals surface area (Å²) in [6, 6.07) is 0. The average Bonchev–Trinajstić information content (AvgIpc) is 2.75. The standard InChI is InChI=1S/C11H18F2N4O/c1-10(2,3)17-5-8(4-16-17)9(18)15-7-11(12,13)6-14/h4-5H,6-7,14H2,1-3H3,(H,15,18). The van der Waals surface area contributed by atoms with Gasteiger partial charge < -0.3 is 11.1 Å². The van der Waals surface area contributed by atoms with Gasteiger partial charge in [0.15, 0.2) is 0 Å². The van der Waals surface area contributed by atoms with Gasteiger partial charge in [0, 0.05) is 6.20 Å². The van der Waals surface area contributed by atoms with E-state index in [0.717, 1.165) is 0 Å². The number of hydrogen-bond donors (Lipinski definition) is 2. The molecule has 0 aromatic carbocycles. The van der Waals surface area contributed by atoms with Gasteiger partial charge in [-0.25, -0.2) is 8.78 Å². The summed E-state index contributed by atoms with van der Waals surface area (Å²) in [4.78, 5) is 11.6. The van der Waals surface area contributed by atoms with E-state index >= 15 is 0 Å². The fourth-order valence-electron chi connectivity index (χ4n) is 1.19. The fourth-order valence-corrected chi connectivity index (χ4v) is 1.19. The van der Waals surface area contributed by atoms with E-state index in [4.69, 9.17) is 5.73 Å². The zero-order chi connectivity index (χ0) is 14.0. The van der Waals surface area contributed by atoms with E-state index in [1.165, 1.54) is 12.4 Å². The Hall–Kier alpha value is -1.50. The molecule has 5 nitrogen and oxygen atoms in total. The van der Waals surface area contributed by atoms with Crippen molar-refractivity contribution < 1.29 is 13.6 Å². The van der Waals surface area contributed by atoms with Crippen LogP contribution in [0.4, 0.5) is 8.78 Å². The van der Waals surface area contributed by atoms with Gasteiger partial charge in [0.2, 0.25) is 0 Å². The SMILES string of the molecule is CC(C)(C)n1cc(C(=O)NCC(F)(F)CN)cn1. The maximum Gasteiger partial charge on any atom is 0.277 e. The molecular formula is C11H18F2N4O. The maximum atomic E-state index is 12.9. The molecule has 1 aromatic heterocycles. The first-order valence-electron chi connectivity index (χ1n) is 5.57. The molecule has 1 heterocycles. The Morgan fingerprint density at radius 1 is 1.50 bits per heavy atom. The number of nitrogens with one attached hydrogen (secondary N) is 1. The van der Waals surface area contributed by atoms with Crippen LogP contribution in [-0.2, 0) is 5.54 Å². The van der Waals surface area contributed by atoms with E-state index in [-0.39, 0.29) is 11.1 Å². The van der Waals surface area contributed by atoms with Gasteiger partial charge in [-0.2, -0.15) is 5.10 Å². The summed E-state index contributed by atoms with van der Waals surface area (Å²) in [6.07, 6.45) is 2.87. The number of halogens is 2. The van der Waals surface area contributed by atoms with Gasteiger partial charge in [-0.15, -0.1) is 0 Å². The molecule has 1 amide bonds. The van der Waals surface area contributed by atoms with Crippen LogP contribution in [0.2, 0.25) is 0 Å². The highest BCUT2D eigenvalue weighted by atomic mass is 19.3. The Morgan fingerprint density at radius 2 is 2.11 bits per heavy atom. The van der Waals surface area contributed by atoms with Gasteiger partial charge in [-0.3, -0.25) is 9.48 Å². The van der Waals surface area contributed by atoms with Crippen LogP contribution in [0.5, 0.6) is 0 Å². The molecule has 7 heteroatoms. The Morgan fingerprint density at radius 3 is 2.56 bits per heavy atom. The molecule has 3 N–H and O–H groups in total. The number of rotatable bonds is 4. The Bertz CT molecular complexity index is 423. The minimum atomic E-state index is -3.09. The molecule has 0 atom stereocenters. The molecule has 1 aromatic rings. The van der Waals surface area contributed by atoms with Crippen LogP contribution in [0.15, 0.2) is 12.4 Å². The molecule has 18 heavy (non-hydrogen) atoms. The number of nitrogens with two attached hydrogens (primary N) is 1. The highest BCUT2D eigenvalue weighted by Gasteiger charge is 2.27. The van der Waals surface area contributed by atoms with Crippen molar-refractivity contribution in [2.45, 2.75) is 32.2 Å². The van der Waals surface area contributed by atoms with Crippen molar-refractivity contribution in [2.24, 2.45) is 5.73 Å². The number of amides is 1. The lowest BCUT2D eigenvalue weighted by atomic mass is 10.1. The summed E-state index contributed by atoms with van der Waals surface area (Å²) in [5, 5.41) is 6.15. The van der Waals surface area contributed by atoms with E-state index in [0.29, 0.717) is 0 Å². The lowest BCUT2D eigenvalue weighted by Crippen LogP contribution is -2.41. The number of hydrogen-bond acceptors (Lipinski definition) is 3. The molecule has 0 saturated heterocycles. The maximum absolute atomic E-state index is 12.9. The molecule has 0 fully saturated rings. The smallest absolute Gasteiger partial charge is 0.277 e.